The van der Waals surface area contributed by atoms with Crippen molar-refractivity contribution in [3.05, 3.63) is 17.5 Å². The average molecular weight is 222 g/mol. The number of aryl methyl sites for hydroxylation is 2. The van der Waals surface area contributed by atoms with Gasteiger partial charge in [-0.3, -0.25) is 9.48 Å². The zero-order valence-corrected chi connectivity index (χ0v) is 9.86. The van der Waals surface area contributed by atoms with E-state index in [2.05, 4.69) is 5.10 Å². The molecule has 1 N–H and O–H groups in total. The second-order valence-corrected chi connectivity index (χ2v) is 4.74. The van der Waals surface area contributed by atoms with Crippen molar-refractivity contribution >= 4 is 5.97 Å². The van der Waals surface area contributed by atoms with Gasteiger partial charge in [-0.2, -0.15) is 5.10 Å². The molecule has 4 heteroatoms. The van der Waals surface area contributed by atoms with Crippen molar-refractivity contribution in [3.63, 3.8) is 0 Å². The number of aromatic nitrogens is 2. The Morgan fingerprint density at radius 2 is 2.06 bits per heavy atom. The van der Waals surface area contributed by atoms with Crippen LogP contribution in [0.15, 0.2) is 6.07 Å². The van der Waals surface area contributed by atoms with Gasteiger partial charge in [0.1, 0.15) is 5.41 Å². The first kappa shape index (κ1) is 11.2. The summed E-state index contributed by atoms with van der Waals surface area (Å²) in [5.41, 5.74) is 1.05. The molecule has 1 heterocycles. The molecule has 88 valence electrons. The van der Waals surface area contributed by atoms with E-state index in [0.29, 0.717) is 0 Å². The zero-order valence-electron chi connectivity index (χ0n) is 9.86. The molecule has 2 rings (SSSR count). The summed E-state index contributed by atoms with van der Waals surface area (Å²) in [4.78, 5) is 11.6. The molecule has 0 aliphatic heterocycles. The summed E-state index contributed by atoms with van der Waals surface area (Å²) in [5.74, 6) is -0.699. The van der Waals surface area contributed by atoms with Crippen LogP contribution < -0.4 is 0 Å². The molecule has 16 heavy (non-hydrogen) atoms. The van der Waals surface area contributed by atoms with Crippen LogP contribution in [-0.4, -0.2) is 20.9 Å². The molecule has 1 aliphatic rings. The van der Waals surface area contributed by atoms with Gasteiger partial charge in [-0.25, -0.2) is 0 Å². The Bertz CT molecular complexity index is 403. The number of hydrogen-bond acceptors (Lipinski definition) is 2. The van der Waals surface area contributed by atoms with Crippen LogP contribution in [0.2, 0.25) is 0 Å². The van der Waals surface area contributed by atoms with E-state index >= 15 is 0 Å². The Balaban J connectivity index is 2.46. The van der Waals surface area contributed by atoms with Crippen molar-refractivity contribution in [3.8, 4) is 0 Å². The van der Waals surface area contributed by atoms with Gasteiger partial charge < -0.3 is 5.11 Å². The van der Waals surface area contributed by atoms with Crippen LogP contribution in [-0.2, 0) is 17.3 Å². The van der Waals surface area contributed by atoms with Crippen molar-refractivity contribution in [1.29, 1.82) is 0 Å². The second kappa shape index (κ2) is 3.92. The van der Waals surface area contributed by atoms with Crippen LogP contribution >= 0.6 is 0 Å². The van der Waals surface area contributed by atoms with Crippen LogP contribution in [0, 0.1) is 6.92 Å². The molecule has 1 aromatic heterocycles. The van der Waals surface area contributed by atoms with Crippen molar-refractivity contribution in [2.24, 2.45) is 7.05 Å². The quantitative estimate of drug-likeness (QED) is 0.832. The molecule has 1 fully saturated rings. The second-order valence-electron chi connectivity index (χ2n) is 4.74. The average Bonchev–Trinajstić information content (AvgIpc) is 2.59. The van der Waals surface area contributed by atoms with Gasteiger partial charge in [0.05, 0.1) is 11.4 Å². The van der Waals surface area contributed by atoms with Gasteiger partial charge in [0, 0.05) is 7.05 Å². The van der Waals surface area contributed by atoms with Gasteiger partial charge >= 0.3 is 5.97 Å². The highest BCUT2D eigenvalue weighted by Gasteiger charge is 2.43. The van der Waals surface area contributed by atoms with Gasteiger partial charge in [-0.1, -0.05) is 19.3 Å². The van der Waals surface area contributed by atoms with Crippen LogP contribution in [0.1, 0.15) is 43.5 Å². The van der Waals surface area contributed by atoms with Crippen LogP contribution in [0.5, 0.6) is 0 Å². The molecule has 0 atom stereocenters. The number of rotatable bonds is 2. The fourth-order valence-electron chi connectivity index (χ4n) is 2.79. The molecule has 0 unspecified atom stereocenters. The van der Waals surface area contributed by atoms with E-state index in [4.69, 9.17) is 0 Å². The standard InChI is InChI=1S/C12H18N2O2/c1-9-8-10(14(2)13-9)12(11(15)16)6-4-3-5-7-12/h8H,3-7H2,1-2H3,(H,15,16). The van der Waals surface area contributed by atoms with E-state index in [0.717, 1.165) is 43.5 Å². The maximum atomic E-state index is 11.6. The third kappa shape index (κ3) is 1.62. The molecule has 0 saturated heterocycles. The Labute approximate surface area is 95.3 Å². The smallest absolute Gasteiger partial charge is 0.315 e. The summed E-state index contributed by atoms with van der Waals surface area (Å²) < 4.78 is 1.73. The highest BCUT2D eigenvalue weighted by molar-refractivity contribution is 5.81. The van der Waals surface area contributed by atoms with E-state index in [9.17, 15) is 9.90 Å². The lowest BCUT2D eigenvalue weighted by Gasteiger charge is -2.33. The normalized spacial score (nSPS) is 19.6. The first-order valence-corrected chi connectivity index (χ1v) is 5.81. The molecular formula is C12H18N2O2. The summed E-state index contributed by atoms with van der Waals surface area (Å²) >= 11 is 0. The highest BCUT2D eigenvalue weighted by atomic mass is 16.4. The van der Waals surface area contributed by atoms with Crippen molar-refractivity contribution < 1.29 is 9.90 Å². The monoisotopic (exact) mass is 222 g/mol. The summed E-state index contributed by atoms with van der Waals surface area (Å²) in [5, 5.41) is 13.8. The number of nitrogens with zero attached hydrogens (tertiary/aromatic N) is 2. The van der Waals surface area contributed by atoms with Crippen molar-refractivity contribution in [1.82, 2.24) is 9.78 Å². The topological polar surface area (TPSA) is 55.1 Å². The summed E-state index contributed by atoms with van der Waals surface area (Å²) in [6.07, 6.45) is 4.61. The van der Waals surface area contributed by atoms with Gasteiger partial charge in [-0.05, 0) is 25.8 Å². The van der Waals surface area contributed by atoms with Gasteiger partial charge in [-0.15, -0.1) is 0 Å². The molecule has 1 aliphatic carbocycles. The van der Waals surface area contributed by atoms with E-state index in [1.165, 1.54) is 0 Å². The maximum Gasteiger partial charge on any atom is 0.315 e. The van der Waals surface area contributed by atoms with Gasteiger partial charge in [0.25, 0.3) is 0 Å². The minimum atomic E-state index is -0.700. The summed E-state index contributed by atoms with van der Waals surface area (Å²) in [7, 11) is 1.83. The molecule has 0 spiro atoms. The number of aliphatic carboxylic acids is 1. The Morgan fingerprint density at radius 1 is 1.44 bits per heavy atom. The van der Waals surface area contributed by atoms with Crippen LogP contribution in [0.25, 0.3) is 0 Å². The zero-order chi connectivity index (χ0) is 11.8. The Morgan fingerprint density at radius 3 is 2.50 bits per heavy atom. The SMILES string of the molecule is Cc1cc(C2(C(=O)O)CCCCC2)n(C)n1. The van der Waals surface area contributed by atoms with Crippen molar-refractivity contribution in [2.75, 3.05) is 0 Å². The fraction of sp³-hybridized carbons (Fsp3) is 0.667. The lowest BCUT2D eigenvalue weighted by Crippen LogP contribution is -2.39. The Hall–Kier alpha value is -1.32. The molecule has 0 bridgehead atoms. The van der Waals surface area contributed by atoms with E-state index in [-0.39, 0.29) is 0 Å². The highest BCUT2D eigenvalue weighted by Crippen LogP contribution is 2.39. The first-order valence-electron chi connectivity index (χ1n) is 5.81. The third-order valence-corrected chi connectivity index (χ3v) is 3.61. The molecule has 0 aromatic carbocycles. The van der Waals surface area contributed by atoms with Crippen LogP contribution in [0.3, 0.4) is 0 Å². The molecule has 1 saturated carbocycles. The molecular weight excluding hydrogens is 204 g/mol. The Kier molecular flexibility index (Phi) is 2.74. The predicted octanol–water partition coefficient (Wildman–Crippen LogP) is 2.02. The first-order chi connectivity index (χ1) is 7.56. The van der Waals surface area contributed by atoms with Crippen LogP contribution in [0.4, 0.5) is 0 Å². The summed E-state index contributed by atoms with van der Waals surface area (Å²) in [6, 6.07) is 1.92. The number of carbonyl (C=O) groups is 1. The summed E-state index contributed by atoms with van der Waals surface area (Å²) in [6.45, 7) is 1.90. The number of hydrogen-bond donors (Lipinski definition) is 1. The van der Waals surface area contributed by atoms with E-state index < -0.39 is 11.4 Å². The minimum absolute atomic E-state index is 0.699. The van der Waals surface area contributed by atoms with Gasteiger partial charge in [0.15, 0.2) is 0 Å². The molecule has 0 amide bonds. The third-order valence-electron chi connectivity index (χ3n) is 3.61. The van der Waals surface area contributed by atoms with Crippen molar-refractivity contribution in [2.45, 2.75) is 44.4 Å². The fourth-order valence-corrected chi connectivity index (χ4v) is 2.79. The van der Waals surface area contributed by atoms with E-state index in [1.54, 1.807) is 4.68 Å². The lowest BCUT2D eigenvalue weighted by atomic mass is 9.71. The minimum Gasteiger partial charge on any atom is -0.481 e. The molecule has 1 aromatic rings. The number of carboxylic acid groups (broad SMARTS) is 1. The van der Waals surface area contributed by atoms with Gasteiger partial charge in [0.2, 0.25) is 0 Å². The molecule has 0 radical (unpaired) electrons. The predicted molar refractivity (Wildman–Crippen MR) is 60.3 cm³/mol. The lowest BCUT2D eigenvalue weighted by molar-refractivity contribution is -0.145. The maximum absolute atomic E-state index is 11.6. The van der Waals surface area contributed by atoms with E-state index in [1.807, 2.05) is 20.0 Å². The molecule has 4 nitrogen and oxygen atoms in total. The largest absolute Gasteiger partial charge is 0.481 e. The number of carboxylic acids is 1.